The Bertz CT molecular complexity index is 1330. The van der Waals surface area contributed by atoms with E-state index in [0.717, 1.165) is 15.3 Å². The fourth-order valence-corrected chi connectivity index (χ4v) is 5.31. The number of carbonyl (C=O) groups excluding carboxylic acids is 1. The van der Waals surface area contributed by atoms with E-state index in [1.54, 1.807) is 31.2 Å². The zero-order valence-electron chi connectivity index (χ0n) is 19.2. The zero-order valence-corrected chi connectivity index (χ0v) is 21.6. The van der Waals surface area contributed by atoms with Gasteiger partial charge in [-0.05, 0) is 67.8 Å². The maximum Gasteiger partial charge on any atom is 0.418 e. The minimum absolute atomic E-state index is 0.0654. The largest absolute Gasteiger partial charge is 0.492 e. The van der Waals surface area contributed by atoms with Crippen LogP contribution in [-0.4, -0.2) is 33.7 Å². The number of rotatable bonds is 9. The number of nitrogens with one attached hydrogen (secondary N) is 1. The van der Waals surface area contributed by atoms with Gasteiger partial charge in [0.2, 0.25) is 5.91 Å². The van der Waals surface area contributed by atoms with Crippen LogP contribution < -0.4 is 14.4 Å². The van der Waals surface area contributed by atoms with Crippen LogP contribution in [0.25, 0.3) is 0 Å². The number of benzene rings is 3. The maximum absolute atomic E-state index is 13.6. The number of halogens is 4. The molecule has 0 aromatic heterocycles. The highest BCUT2D eigenvalue weighted by atomic mass is 35.5. The molecule has 0 aliphatic rings. The lowest BCUT2D eigenvalue weighted by molar-refractivity contribution is -0.137. The third kappa shape index (κ3) is 6.45. The summed E-state index contributed by atoms with van der Waals surface area (Å²) in [5.41, 5.74) is -1.63. The van der Waals surface area contributed by atoms with Crippen LogP contribution in [0.4, 0.5) is 24.5 Å². The minimum atomic E-state index is -4.79. The molecule has 0 spiro atoms. The van der Waals surface area contributed by atoms with Crippen molar-refractivity contribution in [1.82, 2.24) is 0 Å². The molecule has 192 valence electrons. The van der Waals surface area contributed by atoms with Crippen LogP contribution in [-0.2, 0) is 21.0 Å². The Morgan fingerprint density at radius 2 is 1.75 bits per heavy atom. The van der Waals surface area contributed by atoms with E-state index in [-0.39, 0.29) is 28.0 Å². The van der Waals surface area contributed by atoms with E-state index in [1.807, 2.05) is 6.26 Å². The normalized spacial score (nSPS) is 11.7. The average Bonchev–Trinajstić information content (AvgIpc) is 2.83. The molecule has 3 rings (SSSR count). The Morgan fingerprint density at radius 3 is 2.36 bits per heavy atom. The van der Waals surface area contributed by atoms with Gasteiger partial charge >= 0.3 is 6.18 Å². The molecule has 0 atom stereocenters. The van der Waals surface area contributed by atoms with Crippen LogP contribution in [0.2, 0.25) is 5.02 Å². The Hall–Kier alpha value is -2.89. The highest BCUT2D eigenvalue weighted by molar-refractivity contribution is 7.98. The lowest BCUT2D eigenvalue weighted by Crippen LogP contribution is -2.38. The smallest absolute Gasteiger partial charge is 0.418 e. The lowest BCUT2D eigenvalue weighted by Gasteiger charge is -2.26. The van der Waals surface area contributed by atoms with E-state index in [9.17, 15) is 26.4 Å². The van der Waals surface area contributed by atoms with Gasteiger partial charge in [-0.1, -0.05) is 23.7 Å². The van der Waals surface area contributed by atoms with Crippen LogP contribution in [0.15, 0.2) is 76.5 Å². The van der Waals surface area contributed by atoms with Gasteiger partial charge < -0.3 is 10.1 Å². The van der Waals surface area contributed by atoms with Gasteiger partial charge in [-0.15, -0.1) is 11.8 Å². The summed E-state index contributed by atoms with van der Waals surface area (Å²) in [4.78, 5) is 13.7. The van der Waals surface area contributed by atoms with Crippen LogP contribution in [0.5, 0.6) is 5.75 Å². The average molecular weight is 559 g/mol. The Balaban J connectivity index is 2.03. The number of amides is 1. The van der Waals surface area contributed by atoms with E-state index < -0.39 is 39.9 Å². The topological polar surface area (TPSA) is 75.7 Å². The predicted octanol–water partition coefficient (Wildman–Crippen LogP) is 6.31. The standard InChI is InChI=1S/C24H22ClF3N2O4S2/c1-3-34-22-7-5-4-6-21(22)30(36(32,33)18-11-9-17(35-2)10-12-18)15-23(31)29-20-13-8-16(25)14-19(20)24(26,27)28/h4-14H,3,15H2,1-2H3,(H,29,31). The molecule has 0 unspecified atom stereocenters. The summed E-state index contributed by atoms with van der Waals surface area (Å²) in [6.07, 6.45) is -2.95. The monoisotopic (exact) mass is 558 g/mol. The molecule has 1 amide bonds. The van der Waals surface area contributed by atoms with E-state index in [4.69, 9.17) is 16.3 Å². The number of thioether (sulfide) groups is 1. The Morgan fingerprint density at radius 1 is 1.08 bits per heavy atom. The van der Waals surface area contributed by atoms with Gasteiger partial charge in [0.05, 0.1) is 28.4 Å². The summed E-state index contributed by atoms with van der Waals surface area (Å²) < 4.78 is 74.1. The number of nitrogens with zero attached hydrogens (tertiary/aromatic N) is 1. The van der Waals surface area contributed by atoms with E-state index >= 15 is 0 Å². The molecule has 0 saturated carbocycles. The summed E-state index contributed by atoms with van der Waals surface area (Å²) in [5.74, 6) is -0.794. The summed E-state index contributed by atoms with van der Waals surface area (Å²) in [6, 6.07) is 15.1. The molecule has 1 N–H and O–H groups in total. The number of hydrogen-bond acceptors (Lipinski definition) is 5. The van der Waals surface area contributed by atoms with Gasteiger partial charge in [-0.2, -0.15) is 13.2 Å². The highest BCUT2D eigenvalue weighted by Crippen LogP contribution is 2.37. The van der Waals surface area contributed by atoms with Crippen molar-refractivity contribution < 1.29 is 31.1 Å². The second-order valence-corrected chi connectivity index (χ2v) is 10.5. The quantitative estimate of drug-likeness (QED) is 0.311. The first-order chi connectivity index (χ1) is 17.0. The fraction of sp³-hybridized carbons (Fsp3) is 0.208. The number of anilines is 2. The van der Waals surface area contributed by atoms with Crippen molar-refractivity contribution >= 4 is 50.7 Å². The molecule has 12 heteroatoms. The molecule has 0 saturated heterocycles. The van der Waals surface area contributed by atoms with Crippen molar-refractivity contribution in [3.8, 4) is 5.75 Å². The van der Waals surface area contributed by atoms with Gasteiger partial charge in [-0.25, -0.2) is 8.42 Å². The highest BCUT2D eigenvalue weighted by Gasteiger charge is 2.35. The first-order valence-electron chi connectivity index (χ1n) is 10.5. The molecule has 3 aromatic carbocycles. The Labute approximate surface area is 216 Å². The third-order valence-corrected chi connectivity index (χ3v) is 7.68. The summed E-state index contributed by atoms with van der Waals surface area (Å²) in [5, 5.41) is 2.01. The van der Waals surface area contributed by atoms with Gasteiger partial charge in [0.15, 0.2) is 0 Å². The predicted molar refractivity (Wildman–Crippen MR) is 135 cm³/mol. The summed E-state index contributed by atoms with van der Waals surface area (Å²) in [7, 11) is -4.31. The number of alkyl halides is 3. The van der Waals surface area contributed by atoms with E-state index in [2.05, 4.69) is 5.32 Å². The van der Waals surface area contributed by atoms with E-state index in [1.165, 1.54) is 42.1 Å². The molecule has 0 fully saturated rings. The summed E-state index contributed by atoms with van der Waals surface area (Å²) >= 11 is 7.13. The van der Waals surface area contributed by atoms with Crippen molar-refractivity contribution in [2.24, 2.45) is 0 Å². The first kappa shape index (κ1) is 27.7. The van der Waals surface area contributed by atoms with Crippen LogP contribution in [0.1, 0.15) is 12.5 Å². The minimum Gasteiger partial charge on any atom is -0.492 e. The molecular weight excluding hydrogens is 537 g/mol. The molecule has 0 radical (unpaired) electrons. The maximum atomic E-state index is 13.6. The molecule has 36 heavy (non-hydrogen) atoms. The molecular formula is C24H22ClF3N2O4S2. The molecule has 0 bridgehead atoms. The SMILES string of the molecule is CCOc1ccccc1N(CC(=O)Nc1ccc(Cl)cc1C(F)(F)F)S(=O)(=O)c1ccc(SC)cc1. The first-order valence-corrected chi connectivity index (χ1v) is 13.6. The van der Waals surface area contributed by atoms with Crippen molar-refractivity contribution in [1.29, 1.82) is 0 Å². The number of carbonyl (C=O) groups is 1. The second kappa shape index (κ2) is 11.4. The van der Waals surface area contributed by atoms with Gasteiger partial charge in [0.25, 0.3) is 10.0 Å². The van der Waals surface area contributed by atoms with Gasteiger partial charge in [0, 0.05) is 9.92 Å². The number of hydrogen-bond donors (Lipinski definition) is 1. The van der Waals surface area contributed by atoms with Gasteiger partial charge in [-0.3, -0.25) is 9.10 Å². The van der Waals surface area contributed by atoms with Crippen LogP contribution in [0, 0.1) is 0 Å². The van der Waals surface area contributed by atoms with Crippen molar-refractivity contribution in [2.45, 2.75) is 22.9 Å². The van der Waals surface area contributed by atoms with E-state index in [0.29, 0.717) is 6.07 Å². The van der Waals surface area contributed by atoms with Gasteiger partial charge in [0.1, 0.15) is 12.3 Å². The van der Waals surface area contributed by atoms with Crippen LogP contribution in [0.3, 0.4) is 0 Å². The molecule has 0 heterocycles. The fourth-order valence-electron chi connectivity index (χ4n) is 3.30. The second-order valence-electron chi connectivity index (χ2n) is 7.32. The summed E-state index contributed by atoms with van der Waals surface area (Å²) in [6.45, 7) is 1.12. The Kier molecular flexibility index (Phi) is 8.80. The number of sulfonamides is 1. The molecule has 6 nitrogen and oxygen atoms in total. The molecule has 3 aromatic rings. The number of ether oxygens (including phenoxy) is 1. The zero-order chi connectivity index (χ0) is 26.5. The molecule has 0 aliphatic carbocycles. The van der Waals surface area contributed by atoms with Crippen molar-refractivity contribution in [3.05, 3.63) is 77.3 Å². The van der Waals surface area contributed by atoms with Crippen molar-refractivity contribution in [2.75, 3.05) is 29.0 Å². The molecule has 0 aliphatic heterocycles. The van der Waals surface area contributed by atoms with Crippen molar-refractivity contribution in [3.63, 3.8) is 0 Å². The third-order valence-electron chi connectivity index (χ3n) is 4.93. The van der Waals surface area contributed by atoms with Crippen LogP contribution >= 0.6 is 23.4 Å². The lowest BCUT2D eigenvalue weighted by atomic mass is 10.1. The number of para-hydroxylation sites is 2.